The summed E-state index contributed by atoms with van der Waals surface area (Å²) in [5.41, 5.74) is 6.02. The molecule has 0 radical (unpaired) electrons. The van der Waals surface area contributed by atoms with Crippen molar-refractivity contribution in [3.8, 4) is 0 Å². The minimum Gasteiger partial charge on any atom is -0.376 e. The number of para-hydroxylation sites is 1. The van der Waals surface area contributed by atoms with Gasteiger partial charge in [-0.05, 0) is 38.3 Å². The van der Waals surface area contributed by atoms with E-state index in [1.54, 1.807) is 38.1 Å². The molecule has 0 saturated carbocycles. The standard InChI is InChI=1S/C20H26FN5O3/c1-12(2)14(21)10-25-20(29)16-8-5-9-26(16)17(27)11-24-15-7-4-3-6-13(15)18(22)19(23)28/h3-4,6-7,16,22,24H,5,8-11H2,1-2H3,(H2,23,28)(H,25,29)/t16-/m0/s1. The van der Waals surface area contributed by atoms with Crippen LogP contribution in [-0.4, -0.2) is 54.0 Å². The summed E-state index contributed by atoms with van der Waals surface area (Å²) in [6, 6.07) is 5.91. The number of hydrogen-bond donors (Lipinski definition) is 4. The van der Waals surface area contributed by atoms with E-state index in [0.29, 0.717) is 36.2 Å². The topological polar surface area (TPSA) is 128 Å². The number of primary amides is 1. The molecule has 5 N–H and O–H groups in total. The highest BCUT2D eigenvalue weighted by Gasteiger charge is 2.33. The second-order valence-corrected chi connectivity index (χ2v) is 7.01. The molecule has 0 unspecified atom stereocenters. The maximum Gasteiger partial charge on any atom is 0.267 e. The lowest BCUT2D eigenvalue weighted by Gasteiger charge is -2.24. The van der Waals surface area contributed by atoms with Crippen LogP contribution >= 0.6 is 0 Å². The highest BCUT2D eigenvalue weighted by molar-refractivity contribution is 6.44. The third kappa shape index (κ3) is 5.63. The Balaban J connectivity index is 2.00. The molecular weight excluding hydrogens is 377 g/mol. The van der Waals surface area contributed by atoms with Gasteiger partial charge in [-0.1, -0.05) is 18.2 Å². The Morgan fingerprint density at radius 3 is 2.59 bits per heavy atom. The summed E-state index contributed by atoms with van der Waals surface area (Å²) in [7, 11) is 0. The molecule has 1 aromatic rings. The molecule has 2 rings (SSSR count). The van der Waals surface area contributed by atoms with E-state index < -0.39 is 17.8 Å². The van der Waals surface area contributed by atoms with Crippen molar-refractivity contribution < 1.29 is 18.8 Å². The number of likely N-dealkylation sites (tertiary alicyclic amines) is 1. The van der Waals surface area contributed by atoms with Crippen LogP contribution in [0.25, 0.3) is 0 Å². The largest absolute Gasteiger partial charge is 0.376 e. The van der Waals surface area contributed by atoms with Crippen molar-refractivity contribution in [3.05, 3.63) is 41.2 Å². The molecule has 156 valence electrons. The van der Waals surface area contributed by atoms with Crippen LogP contribution in [0, 0.1) is 5.41 Å². The van der Waals surface area contributed by atoms with Gasteiger partial charge in [0.05, 0.1) is 13.1 Å². The molecule has 0 aromatic heterocycles. The minimum atomic E-state index is -0.870. The van der Waals surface area contributed by atoms with Crippen LogP contribution in [0.15, 0.2) is 35.7 Å². The number of allylic oxidation sites excluding steroid dienone is 1. The van der Waals surface area contributed by atoms with Gasteiger partial charge in [0.2, 0.25) is 11.8 Å². The van der Waals surface area contributed by atoms with Crippen LogP contribution in [0.2, 0.25) is 0 Å². The molecule has 8 nitrogen and oxygen atoms in total. The number of carbonyl (C=O) groups excluding carboxylic acids is 3. The second-order valence-electron chi connectivity index (χ2n) is 7.01. The van der Waals surface area contributed by atoms with Gasteiger partial charge in [-0.15, -0.1) is 0 Å². The van der Waals surface area contributed by atoms with Crippen molar-refractivity contribution in [1.82, 2.24) is 10.2 Å². The number of nitrogens with zero attached hydrogens (tertiary/aromatic N) is 1. The van der Waals surface area contributed by atoms with Crippen molar-refractivity contribution in [1.29, 1.82) is 5.41 Å². The fourth-order valence-corrected chi connectivity index (χ4v) is 3.06. The van der Waals surface area contributed by atoms with Gasteiger partial charge in [-0.25, -0.2) is 4.39 Å². The lowest BCUT2D eigenvalue weighted by Crippen LogP contribution is -2.47. The van der Waals surface area contributed by atoms with Crippen LogP contribution in [0.3, 0.4) is 0 Å². The third-order valence-electron chi connectivity index (χ3n) is 4.71. The highest BCUT2D eigenvalue weighted by Crippen LogP contribution is 2.19. The Hall–Kier alpha value is -3.23. The molecule has 29 heavy (non-hydrogen) atoms. The number of amides is 3. The van der Waals surface area contributed by atoms with E-state index in [-0.39, 0.29) is 30.6 Å². The first-order valence-electron chi connectivity index (χ1n) is 9.33. The first-order valence-corrected chi connectivity index (χ1v) is 9.33. The summed E-state index contributed by atoms with van der Waals surface area (Å²) in [5.74, 6) is -1.95. The van der Waals surface area contributed by atoms with Crippen molar-refractivity contribution >= 4 is 29.1 Å². The lowest BCUT2D eigenvalue weighted by atomic mass is 10.1. The molecule has 1 atom stereocenters. The first kappa shape index (κ1) is 22.1. The monoisotopic (exact) mass is 403 g/mol. The Bertz CT molecular complexity index is 848. The summed E-state index contributed by atoms with van der Waals surface area (Å²) in [4.78, 5) is 37.8. The average molecular weight is 403 g/mol. The van der Waals surface area contributed by atoms with Gasteiger partial charge in [0, 0.05) is 17.8 Å². The van der Waals surface area contributed by atoms with Gasteiger partial charge in [0.25, 0.3) is 5.91 Å². The Morgan fingerprint density at radius 1 is 1.24 bits per heavy atom. The van der Waals surface area contributed by atoms with Crippen LogP contribution in [-0.2, 0) is 14.4 Å². The molecule has 9 heteroatoms. The van der Waals surface area contributed by atoms with Crippen LogP contribution < -0.4 is 16.4 Å². The predicted molar refractivity (Wildman–Crippen MR) is 108 cm³/mol. The zero-order valence-electron chi connectivity index (χ0n) is 16.5. The molecule has 0 bridgehead atoms. The third-order valence-corrected chi connectivity index (χ3v) is 4.71. The molecule has 1 fully saturated rings. The van der Waals surface area contributed by atoms with Gasteiger partial charge in [-0.3, -0.25) is 19.8 Å². The van der Waals surface area contributed by atoms with E-state index in [0.717, 1.165) is 0 Å². The Morgan fingerprint density at radius 2 is 1.93 bits per heavy atom. The summed E-state index contributed by atoms with van der Waals surface area (Å²) in [5, 5.41) is 13.2. The van der Waals surface area contributed by atoms with E-state index in [4.69, 9.17) is 11.1 Å². The maximum absolute atomic E-state index is 13.6. The van der Waals surface area contributed by atoms with E-state index >= 15 is 0 Å². The quantitative estimate of drug-likeness (QED) is 0.488. The Kier molecular flexibility index (Phi) is 7.46. The van der Waals surface area contributed by atoms with E-state index in [9.17, 15) is 18.8 Å². The van der Waals surface area contributed by atoms with Crippen LogP contribution in [0.4, 0.5) is 10.1 Å². The van der Waals surface area contributed by atoms with Crippen molar-refractivity contribution in [3.63, 3.8) is 0 Å². The van der Waals surface area contributed by atoms with Gasteiger partial charge in [0.15, 0.2) is 0 Å². The van der Waals surface area contributed by atoms with Gasteiger partial charge >= 0.3 is 0 Å². The molecule has 3 amide bonds. The molecule has 1 aliphatic heterocycles. The summed E-state index contributed by atoms with van der Waals surface area (Å²) in [6.45, 7) is 3.36. The summed E-state index contributed by atoms with van der Waals surface area (Å²) < 4.78 is 13.6. The van der Waals surface area contributed by atoms with Gasteiger partial charge < -0.3 is 21.3 Å². The molecule has 0 aliphatic carbocycles. The lowest BCUT2D eigenvalue weighted by molar-refractivity contribution is -0.137. The second kappa shape index (κ2) is 9.81. The number of anilines is 1. The average Bonchev–Trinajstić information content (AvgIpc) is 3.19. The van der Waals surface area contributed by atoms with Crippen molar-refractivity contribution in [2.24, 2.45) is 5.73 Å². The van der Waals surface area contributed by atoms with Crippen LogP contribution in [0.1, 0.15) is 32.3 Å². The zero-order chi connectivity index (χ0) is 21.6. The maximum atomic E-state index is 13.6. The fraction of sp³-hybridized carbons (Fsp3) is 0.400. The molecule has 1 heterocycles. The fourth-order valence-electron chi connectivity index (χ4n) is 3.06. The normalized spacial score (nSPS) is 15.6. The molecule has 1 aromatic carbocycles. The molecule has 1 saturated heterocycles. The zero-order valence-corrected chi connectivity index (χ0v) is 16.5. The van der Waals surface area contributed by atoms with Crippen molar-refractivity contribution in [2.45, 2.75) is 32.7 Å². The summed E-state index contributed by atoms with van der Waals surface area (Å²) >= 11 is 0. The van der Waals surface area contributed by atoms with Gasteiger partial charge in [-0.2, -0.15) is 0 Å². The SMILES string of the molecule is CC(C)=C(F)CNC(=O)[C@@H]1CCCN1C(=O)CNc1ccccc1C(=N)C(N)=O. The van der Waals surface area contributed by atoms with E-state index in [2.05, 4.69) is 10.6 Å². The number of nitrogens with two attached hydrogens (primary N) is 1. The Labute approximate surface area is 168 Å². The van der Waals surface area contributed by atoms with E-state index in [1.165, 1.54) is 4.90 Å². The molecule has 0 spiro atoms. The molecule has 1 aliphatic rings. The summed E-state index contributed by atoms with van der Waals surface area (Å²) in [6.07, 6.45) is 1.19. The number of halogens is 1. The highest BCUT2D eigenvalue weighted by atomic mass is 19.1. The minimum absolute atomic E-state index is 0.116. The number of benzene rings is 1. The van der Waals surface area contributed by atoms with Crippen molar-refractivity contribution in [2.75, 3.05) is 25.0 Å². The first-order chi connectivity index (χ1) is 13.7. The number of carbonyl (C=O) groups is 3. The van der Waals surface area contributed by atoms with Gasteiger partial charge in [0.1, 0.15) is 17.6 Å². The number of hydrogen-bond acceptors (Lipinski definition) is 5. The number of nitrogens with one attached hydrogen (secondary N) is 3. The molecular formula is C20H26FN5O3. The van der Waals surface area contributed by atoms with E-state index in [1.807, 2.05) is 0 Å². The predicted octanol–water partition coefficient (Wildman–Crippen LogP) is 1.32. The van der Waals surface area contributed by atoms with Crippen LogP contribution in [0.5, 0.6) is 0 Å². The smallest absolute Gasteiger partial charge is 0.267 e. The number of rotatable bonds is 8.